The molecule has 1 aromatic carbocycles. The monoisotopic (exact) mass is 460 g/mol. The van der Waals surface area contributed by atoms with Crippen LogP contribution in [-0.4, -0.2) is 66.1 Å². The summed E-state index contributed by atoms with van der Waals surface area (Å²) in [5, 5.41) is 12.4. The van der Waals surface area contributed by atoms with Gasteiger partial charge in [-0.1, -0.05) is 18.2 Å². The Morgan fingerprint density at radius 1 is 1.00 bits per heavy atom. The Balaban J connectivity index is 1.11. The van der Waals surface area contributed by atoms with Crippen LogP contribution < -0.4 is 10.2 Å². The van der Waals surface area contributed by atoms with Crippen molar-refractivity contribution in [3.63, 3.8) is 0 Å². The molecule has 2 aromatic rings. The van der Waals surface area contributed by atoms with E-state index in [1.54, 1.807) is 0 Å². The molecule has 0 spiro atoms. The van der Waals surface area contributed by atoms with Gasteiger partial charge in [-0.15, -0.1) is 0 Å². The molecule has 34 heavy (non-hydrogen) atoms. The molecule has 1 aromatic heterocycles. The average molecular weight is 461 g/mol. The summed E-state index contributed by atoms with van der Waals surface area (Å²) >= 11 is 0. The van der Waals surface area contributed by atoms with Crippen LogP contribution in [0.15, 0.2) is 36.5 Å². The number of carbonyl (C=O) groups excluding carboxylic acids is 2. The minimum Gasteiger partial charge on any atom is -0.396 e. The minimum atomic E-state index is -0.350. The van der Waals surface area contributed by atoms with Crippen LogP contribution in [0.25, 0.3) is 0 Å². The first-order valence-corrected chi connectivity index (χ1v) is 12.6. The fourth-order valence-corrected chi connectivity index (χ4v) is 5.49. The van der Waals surface area contributed by atoms with Gasteiger partial charge in [0, 0.05) is 57.0 Å². The fourth-order valence-electron chi connectivity index (χ4n) is 5.49. The highest BCUT2D eigenvalue weighted by Gasteiger charge is 2.36. The maximum absolute atomic E-state index is 13.1. The smallest absolute Gasteiger partial charge is 0.253 e. The van der Waals surface area contributed by atoms with Crippen LogP contribution in [0.1, 0.15) is 70.5 Å². The summed E-state index contributed by atoms with van der Waals surface area (Å²) in [7, 11) is 0. The molecule has 4 fully saturated rings. The normalized spacial score (nSPS) is 24.9. The Bertz CT molecular complexity index is 1090. The van der Waals surface area contributed by atoms with E-state index >= 15 is 0 Å². The van der Waals surface area contributed by atoms with Crippen LogP contribution in [0.5, 0.6) is 0 Å². The summed E-state index contributed by atoms with van der Waals surface area (Å²) in [5.74, 6) is 2.01. The third kappa shape index (κ3) is 4.06. The van der Waals surface area contributed by atoms with E-state index in [9.17, 15) is 14.7 Å². The summed E-state index contributed by atoms with van der Waals surface area (Å²) in [6, 6.07) is 9.74. The predicted octanol–water partition coefficient (Wildman–Crippen LogP) is 2.62. The van der Waals surface area contributed by atoms with E-state index in [2.05, 4.69) is 22.5 Å². The summed E-state index contributed by atoms with van der Waals surface area (Å²) in [6.07, 6.45) is 7.19. The van der Waals surface area contributed by atoms with E-state index in [0.29, 0.717) is 31.1 Å². The van der Waals surface area contributed by atoms with Crippen molar-refractivity contribution in [2.75, 3.05) is 44.2 Å². The lowest BCUT2D eigenvalue weighted by molar-refractivity contribution is -0.120. The van der Waals surface area contributed by atoms with E-state index in [4.69, 9.17) is 4.98 Å². The van der Waals surface area contributed by atoms with E-state index in [1.165, 1.54) is 36.8 Å². The molecule has 2 N–H and O–H groups in total. The van der Waals surface area contributed by atoms with Crippen molar-refractivity contribution in [3.05, 3.63) is 58.8 Å². The zero-order chi connectivity index (χ0) is 23.2. The second kappa shape index (κ2) is 8.69. The number of aliphatic hydroxyl groups is 1. The Morgan fingerprint density at radius 3 is 2.35 bits per heavy atom. The number of hydrogen-bond acceptors (Lipinski definition) is 5. The largest absolute Gasteiger partial charge is 0.396 e. The number of aliphatic hydroxyl groups excluding tert-OH is 1. The Kier molecular flexibility index (Phi) is 5.52. The number of nitrogens with zero attached hydrogens (tertiary/aromatic N) is 3. The van der Waals surface area contributed by atoms with Crippen molar-refractivity contribution in [2.45, 2.75) is 43.4 Å². The van der Waals surface area contributed by atoms with Gasteiger partial charge in [0.05, 0.1) is 5.92 Å². The summed E-state index contributed by atoms with van der Waals surface area (Å²) in [5.41, 5.74) is 4.31. The van der Waals surface area contributed by atoms with Crippen LogP contribution in [0.3, 0.4) is 0 Å². The number of hydrogen-bond donors (Lipinski definition) is 2. The molecule has 178 valence electrons. The van der Waals surface area contributed by atoms with Gasteiger partial charge in [-0.05, 0) is 66.3 Å². The number of piperazine rings is 1. The lowest BCUT2D eigenvalue weighted by Gasteiger charge is -2.36. The van der Waals surface area contributed by atoms with Crippen molar-refractivity contribution in [2.24, 2.45) is 5.92 Å². The third-order valence-corrected chi connectivity index (χ3v) is 7.89. The Labute approximate surface area is 200 Å². The van der Waals surface area contributed by atoms with Crippen LogP contribution >= 0.6 is 0 Å². The average Bonchev–Trinajstić information content (AvgIpc) is 3.81. The molecular weight excluding hydrogens is 428 g/mol. The molecule has 2 aliphatic carbocycles. The maximum atomic E-state index is 13.1. The minimum absolute atomic E-state index is 0.0280. The second-order valence-corrected chi connectivity index (χ2v) is 10.3. The Hall–Kier alpha value is -2.93. The van der Waals surface area contributed by atoms with Gasteiger partial charge < -0.3 is 20.2 Å². The molecular formula is C27H32N4O3. The molecule has 2 atom stereocenters. The molecule has 0 radical (unpaired) electrons. The van der Waals surface area contributed by atoms with Gasteiger partial charge in [0.2, 0.25) is 5.91 Å². The van der Waals surface area contributed by atoms with Gasteiger partial charge in [-0.3, -0.25) is 9.59 Å². The topological polar surface area (TPSA) is 85.8 Å². The van der Waals surface area contributed by atoms with Gasteiger partial charge in [-0.2, -0.15) is 0 Å². The van der Waals surface area contributed by atoms with Gasteiger partial charge in [0.25, 0.3) is 5.91 Å². The fraction of sp³-hybridized carbons (Fsp3) is 0.519. The molecule has 2 aliphatic heterocycles. The van der Waals surface area contributed by atoms with Crippen molar-refractivity contribution in [3.8, 4) is 0 Å². The first kappa shape index (κ1) is 21.6. The van der Waals surface area contributed by atoms with Gasteiger partial charge in [0.15, 0.2) is 0 Å². The first-order chi connectivity index (χ1) is 16.6. The number of carbonyl (C=O) groups is 2. The second-order valence-electron chi connectivity index (χ2n) is 10.3. The van der Waals surface area contributed by atoms with Gasteiger partial charge in [-0.25, -0.2) is 4.98 Å². The number of rotatable bonds is 6. The SMILES string of the molecule is O=C1NCC(CO)[C@@H]1c1ccc(C(=O)N2CCN(c3ncc(C4CC4)cc3C3CC3)CC2)cc1. The molecule has 2 saturated heterocycles. The number of nitrogens with one attached hydrogen (secondary N) is 1. The van der Waals surface area contributed by atoms with Crippen LogP contribution in [-0.2, 0) is 4.79 Å². The highest BCUT2D eigenvalue weighted by atomic mass is 16.3. The number of amides is 2. The van der Waals surface area contributed by atoms with E-state index in [1.807, 2.05) is 29.2 Å². The number of anilines is 1. The first-order valence-electron chi connectivity index (χ1n) is 12.6. The van der Waals surface area contributed by atoms with Crippen molar-refractivity contribution >= 4 is 17.6 Å². The van der Waals surface area contributed by atoms with Gasteiger partial charge >= 0.3 is 0 Å². The molecule has 7 heteroatoms. The molecule has 2 saturated carbocycles. The van der Waals surface area contributed by atoms with E-state index in [-0.39, 0.29) is 30.3 Å². The number of benzene rings is 1. The van der Waals surface area contributed by atoms with Crippen LogP contribution in [0, 0.1) is 5.92 Å². The van der Waals surface area contributed by atoms with Gasteiger partial charge in [0.1, 0.15) is 5.82 Å². The number of aromatic nitrogens is 1. The lowest BCUT2D eigenvalue weighted by atomic mass is 9.88. The highest BCUT2D eigenvalue weighted by molar-refractivity contribution is 5.94. The lowest BCUT2D eigenvalue weighted by Crippen LogP contribution is -2.49. The summed E-state index contributed by atoms with van der Waals surface area (Å²) in [6.45, 7) is 3.39. The van der Waals surface area contributed by atoms with Crippen molar-refractivity contribution < 1.29 is 14.7 Å². The van der Waals surface area contributed by atoms with E-state index < -0.39 is 0 Å². The van der Waals surface area contributed by atoms with Crippen molar-refractivity contribution in [1.29, 1.82) is 0 Å². The molecule has 4 aliphatic rings. The molecule has 7 nitrogen and oxygen atoms in total. The number of pyridine rings is 1. The zero-order valence-electron chi connectivity index (χ0n) is 19.4. The standard InChI is InChI=1S/C27H32N4O3/c32-16-22-15-29-26(33)24(22)19-5-7-20(8-6-19)27(34)31-11-9-30(10-12-31)25-23(18-3-4-18)13-21(14-28-25)17-1-2-17/h5-8,13-14,17-18,22,24,32H,1-4,9-12,15-16H2,(H,29,33)/t22?,24-/m0/s1. The quantitative estimate of drug-likeness (QED) is 0.692. The maximum Gasteiger partial charge on any atom is 0.253 e. The summed E-state index contributed by atoms with van der Waals surface area (Å²) < 4.78 is 0. The van der Waals surface area contributed by atoms with Crippen molar-refractivity contribution in [1.82, 2.24) is 15.2 Å². The third-order valence-electron chi connectivity index (χ3n) is 7.89. The molecule has 0 bridgehead atoms. The summed E-state index contributed by atoms with van der Waals surface area (Å²) in [4.78, 5) is 34.5. The molecule has 2 amide bonds. The molecule has 1 unspecified atom stereocenters. The molecule has 3 heterocycles. The van der Waals surface area contributed by atoms with Crippen LogP contribution in [0.4, 0.5) is 5.82 Å². The van der Waals surface area contributed by atoms with Crippen LogP contribution in [0.2, 0.25) is 0 Å². The van der Waals surface area contributed by atoms with E-state index in [0.717, 1.165) is 30.4 Å². The zero-order valence-corrected chi connectivity index (χ0v) is 19.4. The predicted molar refractivity (Wildman–Crippen MR) is 129 cm³/mol. The highest BCUT2D eigenvalue weighted by Crippen LogP contribution is 2.47. The Morgan fingerprint density at radius 2 is 1.71 bits per heavy atom. The molecule has 6 rings (SSSR count).